The fourth-order valence-corrected chi connectivity index (χ4v) is 9.23. The van der Waals surface area contributed by atoms with Gasteiger partial charge in [-0.2, -0.15) is 25.3 Å². The maximum absolute atomic E-state index is 13.6. The Morgan fingerprint density at radius 3 is 2.12 bits per heavy atom. The van der Waals surface area contributed by atoms with E-state index in [0.717, 1.165) is 23.5 Å². The minimum atomic E-state index is -4.99. The summed E-state index contributed by atoms with van der Waals surface area (Å²) in [6, 6.07) is 19.6. The van der Waals surface area contributed by atoms with E-state index in [4.69, 9.17) is 0 Å². The molecule has 0 spiro atoms. The van der Waals surface area contributed by atoms with Crippen LogP contribution >= 0.6 is 11.3 Å². The zero-order chi connectivity index (χ0) is 40.9. The van der Waals surface area contributed by atoms with E-state index in [1.54, 1.807) is 43.3 Å². The van der Waals surface area contributed by atoms with E-state index in [0.29, 0.717) is 37.7 Å². The first-order valence-electron chi connectivity index (χ1n) is 16.2. The van der Waals surface area contributed by atoms with Gasteiger partial charge in [-0.1, -0.05) is 18.2 Å². The van der Waals surface area contributed by atoms with Gasteiger partial charge in [-0.25, -0.2) is 4.98 Å². The second-order valence-corrected chi connectivity index (χ2v) is 17.5. The normalized spacial score (nSPS) is 15.8. The molecule has 2 aliphatic rings. The molecule has 17 nitrogen and oxygen atoms in total. The molecule has 301 valence electrons. The minimum Gasteiger partial charge on any atom is -0.355 e. The van der Waals surface area contributed by atoms with Gasteiger partial charge in [-0.05, 0) is 96.9 Å². The Bertz CT molecular complexity index is 3080. The molecular formula is C36H29CuN6O11S4+3. The van der Waals surface area contributed by atoms with Gasteiger partial charge in [0.25, 0.3) is 30.4 Å². The van der Waals surface area contributed by atoms with E-state index in [1.807, 2.05) is 0 Å². The Morgan fingerprint density at radius 2 is 1.45 bits per heavy atom. The van der Waals surface area contributed by atoms with Crippen LogP contribution in [0.3, 0.4) is 0 Å². The van der Waals surface area contributed by atoms with E-state index in [-0.39, 0.29) is 59.4 Å². The molecule has 5 aromatic rings. The SMILES string of the molecule is Cc1ccc2nc(-c3ccc(NNC4=CC(=O)/C(=N\N=C5\C(=O)c6cc(Nc7cccc(S(=O)(=O)O)c7)ccc6C=C5S(=O)(=O)O)C=C4)cc3)sc2c1S(=O)(=O)O.[Cu].[H+].[H+].[H+]. The molecule has 0 bridgehead atoms. The number of nitrogens with one attached hydrogen (secondary N) is 3. The van der Waals surface area contributed by atoms with Crippen LogP contribution in [-0.4, -0.2) is 66.9 Å². The number of anilines is 3. The van der Waals surface area contributed by atoms with Crippen molar-refractivity contribution in [3.8, 4) is 10.6 Å². The van der Waals surface area contributed by atoms with Gasteiger partial charge in [0.05, 0.1) is 26.5 Å². The molecule has 1 heterocycles. The molecule has 7 rings (SSSR count). The van der Waals surface area contributed by atoms with Crippen molar-refractivity contribution in [3.05, 3.63) is 124 Å². The number of hydrazine groups is 1. The van der Waals surface area contributed by atoms with Gasteiger partial charge in [0.1, 0.15) is 20.5 Å². The van der Waals surface area contributed by atoms with E-state index in [2.05, 4.69) is 31.4 Å². The number of thiazole rings is 1. The van der Waals surface area contributed by atoms with E-state index < -0.39 is 52.5 Å². The number of nitrogens with zero attached hydrogens (tertiary/aromatic N) is 3. The predicted molar refractivity (Wildman–Crippen MR) is 217 cm³/mol. The number of ketones is 2. The van der Waals surface area contributed by atoms with E-state index in [1.165, 1.54) is 54.6 Å². The molecule has 0 fully saturated rings. The van der Waals surface area contributed by atoms with Crippen LogP contribution < -0.4 is 16.2 Å². The second-order valence-electron chi connectivity index (χ2n) is 12.4. The topological polar surface area (TPSA) is 271 Å². The summed E-state index contributed by atoms with van der Waals surface area (Å²) in [4.78, 5) is 29.6. The molecule has 1 aromatic heterocycles. The summed E-state index contributed by atoms with van der Waals surface area (Å²) < 4.78 is 101. The fraction of sp³-hybridized carbons (Fsp3) is 0.0278. The number of Topliss-reactive ketones (excluding diaryl/α,β-unsaturated/α-hetero) is 1. The first-order chi connectivity index (χ1) is 26.8. The third kappa shape index (κ3) is 8.89. The van der Waals surface area contributed by atoms with Crippen LogP contribution in [0.2, 0.25) is 0 Å². The summed E-state index contributed by atoms with van der Waals surface area (Å²) >= 11 is 1.12. The summed E-state index contributed by atoms with van der Waals surface area (Å²) in [5.74, 6) is -1.60. The van der Waals surface area contributed by atoms with Gasteiger partial charge < -0.3 is 16.2 Å². The molecule has 0 unspecified atom stereocenters. The van der Waals surface area contributed by atoms with Crippen molar-refractivity contribution in [2.75, 3.05) is 10.7 Å². The summed E-state index contributed by atoms with van der Waals surface area (Å²) in [6.07, 6.45) is 4.93. The number of aromatic nitrogens is 1. The van der Waals surface area contributed by atoms with E-state index >= 15 is 0 Å². The predicted octanol–water partition coefficient (Wildman–Crippen LogP) is 5.71. The van der Waals surface area contributed by atoms with Crippen molar-refractivity contribution < 1.29 is 69.8 Å². The summed E-state index contributed by atoms with van der Waals surface area (Å²) in [6.45, 7) is 1.58. The molecule has 0 aliphatic heterocycles. The number of fused-ring (bicyclic) bond motifs is 2. The Kier molecular flexibility index (Phi) is 11.5. The zero-order valence-electron chi connectivity index (χ0n) is 32.2. The monoisotopic (exact) mass is 912 g/mol. The minimum absolute atomic E-state index is 0. The maximum atomic E-state index is 13.6. The molecule has 58 heavy (non-hydrogen) atoms. The largest absolute Gasteiger partial charge is 1.00 e. The fourth-order valence-electron chi connectivity index (χ4n) is 5.73. The molecule has 0 atom stereocenters. The Hall–Kier alpha value is -5.68. The van der Waals surface area contributed by atoms with Crippen LogP contribution in [0.25, 0.3) is 26.9 Å². The number of carbonyl (C=O) groups excluding carboxylic acids is 2. The van der Waals surface area contributed by atoms with Gasteiger partial charge in [-0.15, -0.1) is 21.5 Å². The van der Waals surface area contributed by atoms with Crippen molar-refractivity contribution in [3.63, 3.8) is 0 Å². The first-order valence-corrected chi connectivity index (χ1v) is 21.3. The summed E-state index contributed by atoms with van der Waals surface area (Å²) in [5.41, 5.74) is 7.76. The van der Waals surface area contributed by atoms with Gasteiger partial charge in [0, 0.05) is 45.6 Å². The van der Waals surface area contributed by atoms with Crippen LogP contribution in [0.4, 0.5) is 17.1 Å². The third-order valence-electron chi connectivity index (χ3n) is 8.40. The third-order valence-corrected chi connectivity index (χ3v) is 12.4. The van der Waals surface area contributed by atoms with Crippen LogP contribution in [0.15, 0.2) is 128 Å². The van der Waals surface area contributed by atoms with Gasteiger partial charge >= 0.3 is 4.28 Å². The van der Waals surface area contributed by atoms with E-state index in [9.17, 15) is 48.5 Å². The standard InChI is InChI=1S/C36H26N6O11S4.Cu/c1-19-5-13-29-34(35(19)57(51,52)53)54-36(38-29)20-6-9-22(10-7-20)39-40-25-12-14-28(30(43)18-25)41-42-32-31(56(48,49)50)15-21-8-11-24(17-27(21)33(32)44)37-23-3-2-4-26(16-23)55(45,46)47;/h2-18,37,39-40H,1H3,(H,45,46,47)(H,48,49,50)(H,51,52,53);/p+3/b41-28-,42-32+;. The smallest absolute Gasteiger partial charge is 0.355 e. The first kappa shape index (κ1) is 41.9. The maximum Gasteiger partial charge on any atom is 1.00 e. The number of rotatable bonds is 10. The molecule has 2 aliphatic carbocycles. The van der Waals surface area contributed by atoms with Gasteiger partial charge in [0.2, 0.25) is 11.6 Å². The molecule has 0 saturated carbocycles. The molecular weight excluding hydrogens is 884 g/mol. The van der Waals surface area contributed by atoms with Crippen molar-refractivity contribution in [2.45, 2.75) is 16.7 Å². The summed E-state index contributed by atoms with van der Waals surface area (Å²) in [7, 11) is -14.0. The number of carbonyl (C=O) groups is 2. The van der Waals surface area contributed by atoms with Crippen LogP contribution in [-0.2, 0) is 52.2 Å². The van der Waals surface area contributed by atoms with Crippen molar-refractivity contribution in [1.29, 1.82) is 0 Å². The van der Waals surface area contributed by atoms with Crippen LogP contribution in [0.5, 0.6) is 0 Å². The Morgan fingerprint density at radius 1 is 0.741 bits per heavy atom. The van der Waals surface area contributed by atoms with Crippen molar-refractivity contribution in [2.24, 2.45) is 10.2 Å². The average Bonchev–Trinajstić information content (AvgIpc) is 3.57. The van der Waals surface area contributed by atoms with Crippen molar-refractivity contribution >= 4 is 98.0 Å². The average molecular weight is 913 g/mol. The van der Waals surface area contributed by atoms with Crippen LogP contribution in [0, 0.1) is 6.92 Å². The number of aryl methyl sites for hydroxylation is 1. The summed E-state index contributed by atoms with van der Waals surface area (Å²) in [5, 5.41) is 11.0. The van der Waals surface area contributed by atoms with Crippen LogP contribution in [0.1, 0.15) is 25.8 Å². The Labute approximate surface area is 349 Å². The van der Waals surface area contributed by atoms with Crippen molar-refractivity contribution in [1.82, 2.24) is 10.4 Å². The van der Waals surface area contributed by atoms with Gasteiger partial charge in [-0.3, -0.25) is 23.2 Å². The second kappa shape index (κ2) is 15.9. The number of allylic oxidation sites excluding steroid dienone is 4. The number of benzene rings is 4. The molecule has 4 aromatic carbocycles. The number of hydrogen-bond acceptors (Lipinski definition) is 15. The molecule has 22 heteroatoms. The Balaban J connectivity index is 0.00000248. The number of hydrogen-bond donors (Lipinski definition) is 6. The molecule has 0 saturated heterocycles. The quantitative estimate of drug-likeness (QED) is 0.0424. The van der Waals surface area contributed by atoms with Gasteiger partial charge in [0.15, 0.2) is 5.71 Å². The molecule has 0 amide bonds. The molecule has 1 radical (unpaired) electrons. The zero-order valence-corrected chi connectivity index (χ0v) is 33.4. The molecule has 6 N–H and O–H groups in total.